The molecule has 1 aromatic carbocycles. The van der Waals surface area contributed by atoms with Gasteiger partial charge in [0.1, 0.15) is 5.15 Å². The van der Waals surface area contributed by atoms with Crippen molar-refractivity contribution in [2.45, 2.75) is 17.6 Å². The van der Waals surface area contributed by atoms with Gasteiger partial charge in [0.15, 0.2) is 0 Å². The zero-order valence-electron chi connectivity index (χ0n) is 9.78. The number of hydrogen-bond acceptors (Lipinski definition) is 3. The second kappa shape index (κ2) is 5.83. The standard InChI is InChI=1S/C13H12Cl2N2S/c1-8-6-9(2-4-11(8)16)18-7-12-10(14)3-5-13(15)17-12/h2-6H,7,16H2,1H3. The first-order valence-electron chi connectivity index (χ1n) is 5.36. The highest BCUT2D eigenvalue weighted by atomic mass is 35.5. The highest BCUT2D eigenvalue weighted by molar-refractivity contribution is 7.98. The largest absolute Gasteiger partial charge is 0.399 e. The molecule has 1 heterocycles. The van der Waals surface area contributed by atoms with Crippen molar-refractivity contribution in [2.24, 2.45) is 0 Å². The van der Waals surface area contributed by atoms with Crippen LogP contribution < -0.4 is 5.73 Å². The summed E-state index contributed by atoms with van der Waals surface area (Å²) in [5, 5.41) is 1.10. The molecule has 0 fully saturated rings. The Bertz CT molecular complexity index is 573. The SMILES string of the molecule is Cc1cc(SCc2nc(Cl)ccc2Cl)ccc1N. The van der Waals surface area contributed by atoms with E-state index in [4.69, 9.17) is 28.9 Å². The van der Waals surface area contributed by atoms with Gasteiger partial charge >= 0.3 is 0 Å². The summed E-state index contributed by atoms with van der Waals surface area (Å²) in [4.78, 5) is 5.35. The van der Waals surface area contributed by atoms with Gasteiger partial charge in [0, 0.05) is 16.3 Å². The van der Waals surface area contributed by atoms with Crippen LogP contribution in [0.25, 0.3) is 0 Å². The zero-order chi connectivity index (χ0) is 13.1. The van der Waals surface area contributed by atoms with E-state index in [0.29, 0.717) is 15.9 Å². The van der Waals surface area contributed by atoms with Crippen LogP contribution in [0.3, 0.4) is 0 Å². The van der Waals surface area contributed by atoms with Gasteiger partial charge < -0.3 is 5.73 Å². The van der Waals surface area contributed by atoms with Crippen LogP contribution in [-0.2, 0) is 5.75 Å². The Hall–Kier alpha value is -0.900. The molecule has 0 atom stereocenters. The summed E-state index contributed by atoms with van der Waals surface area (Å²) in [6.07, 6.45) is 0. The number of aryl methyl sites for hydroxylation is 1. The van der Waals surface area contributed by atoms with Gasteiger partial charge in [-0.3, -0.25) is 0 Å². The van der Waals surface area contributed by atoms with Crippen LogP contribution in [0.4, 0.5) is 5.69 Å². The first-order chi connectivity index (χ1) is 8.56. The Morgan fingerprint density at radius 3 is 2.72 bits per heavy atom. The van der Waals surface area contributed by atoms with Crippen molar-refractivity contribution in [1.82, 2.24) is 4.98 Å². The molecule has 0 aliphatic heterocycles. The molecule has 0 radical (unpaired) electrons. The van der Waals surface area contributed by atoms with E-state index in [0.717, 1.165) is 21.8 Å². The van der Waals surface area contributed by atoms with Crippen molar-refractivity contribution >= 4 is 40.7 Å². The lowest BCUT2D eigenvalue weighted by Crippen LogP contribution is -1.91. The molecule has 0 saturated carbocycles. The van der Waals surface area contributed by atoms with E-state index < -0.39 is 0 Å². The van der Waals surface area contributed by atoms with Crippen LogP contribution in [0.1, 0.15) is 11.3 Å². The molecule has 2 N–H and O–H groups in total. The van der Waals surface area contributed by atoms with E-state index in [-0.39, 0.29) is 0 Å². The predicted octanol–water partition coefficient (Wildman–Crippen LogP) is 4.57. The lowest BCUT2D eigenvalue weighted by Gasteiger charge is -2.06. The molecule has 94 valence electrons. The van der Waals surface area contributed by atoms with Gasteiger partial charge in [-0.1, -0.05) is 23.2 Å². The smallest absolute Gasteiger partial charge is 0.129 e. The number of nitrogens with zero attached hydrogens (tertiary/aromatic N) is 1. The first-order valence-corrected chi connectivity index (χ1v) is 7.10. The van der Waals surface area contributed by atoms with Crippen LogP contribution in [0, 0.1) is 6.92 Å². The zero-order valence-corrected chi connectivity index (χ0v) is 12.1. The average Bonchev–Trinajstić information content (AvgIpc) is 2.34. The van der Waals surface area contributed by atoms with Gasteiger partial charge in [-0.05, 0) is 42.8 Å². The van der Waals surface area contributed by atoms with E-state index in [1.807, 2.05) is 19.1 Å². The molecule has 18 heavy (non-hydrogen) atoms. The quantitative estimate of drug-likeness (QED) is 0.512. The number of pyridine rings is 1. The van der Waals surface area contributed by atoms with Crippen molar-refractivity contribution in [2.75, 3.05) is 5.73 Å². The van der Waals surface area contributed by atoms with Gasteiger partial charge in [-0.2, -0.15) is 0 Å². The van der Waals surface area contributed by atoms with Crippen LogP contribution in [0.5, 0.6) is 0 Å². The highest BCUT2D eigenvalue weighted by Crippen LogP contribution is 2.28. The van der Waals surface area contributed by atoms with Crippen molar-refractivity contribution < 1.29 is 0 Å². The van der Waals surface area contributed by atoms with E-state index in [2.05, 4.69) is 11.1 Å². The van der Waals surface area contributed by atoms with E-state index in [1.54, 1.807) is 23.9 Å². The average molecular weight is 299 g/mol. The molecular weight excluding hydrogens is 287 g/mol. The third-order valence-electron chi connectivity index (χ3n) is 2.50. The summed E-state index contributed by atoms with van der Waals surface area (Å²) >= 11 is 13.6. The maximum absolute atomic E-state index is 6.06. The lowest BCUT2D eigenvalue weighted by molar-refractivity contribution is 1.17. The molecule has 0 saturated heterocycles. The minimum absolute atomic E-state index is 0.462. The number of thioether (sulfide) groups is 1. The summed E-state index contributed by atoms with van der Waals surface area (Å²) < 4.78 is 0. The molecule has 0 aliphatic rings. The fourth-order valence-electron chi connectivity index (χ4n) is 1.45. The number of nitrogens with two attached hydrogens (primary N) is 1. The molecule has 0 amide bonds. The van der Waals surface area contributed by atoms with Gasteiger partial charge in [-0.25, -0.2) is 4.98 Å². The lowest BCUT2D eigenvalue weighted by atomic mass is 10.2. The van der Waals surface area contributed by atoms with E-state index in [9.17, 15) is 0 Å². The monoisotopic (exact) mass is 298 g/mol. The summed E-state index contributed by atoms with van der Waals surface area (Å²) in [6.45, 7) is 1.99. The second-order valence-corrected chi connectivity index (χ2v) is 5.71. The third-order valence-corrected chi connectivity index (χ3v) is 4.06. The molecule has 0 bridgehead atoms. The van der Waals surface area contributed by atoms with Gasteiger partial charge in [-0.15, -0.1) is 11.8 Å². The molecule has 2 aromatic rings. The van der Waals surface area contributed by atoms with Crippen molar-refractivity contribution in [1.29, 1.82) is 0 Å². The van der Waals surface area contributed by atoms with Crippen LogP contribution >= 0.6 is 35.0 Å². The molecule has 1 aromatic heterocycles. The Morgan fingerprint density at radius 1 is 1.22 bits per heavy atom. The number of benzene rings is 1. The Balaban J connectivity index is 2.11. The Labute approximate surface area is 121 Å². The maximum atomic E-state index is 6.06. The van der Waals surface area contributed by atoms with Crippen LogP contribution in [0.15, 0.2) is 35.2 Å². The summed E-state index contributed by atoms with van der Waals surface area (Å²) in [7, 11) is 0. The highest BCUT2D eigenvalue weighted by Gasteiger charge is 2.05. The number of anilines is 1. The topological polar surface area (TPSA) is 38.9 Å². The number of halogens is 2. The third kappa shape index (κ3) is 3.31. The van der Waals surface area contributed by atoms with Crippen LogP contribution in [0.2, 0.25) is 10.2 Å². The molecule has 5 heteroatoms. The number of rotatable bonds is 3. The Morgan fingerprint density at radius 2 is 2.00 bits per heavy atom. The van der Waals surface area contributed by atoms with Crippen molar-refractivity contribution in [3.8, 4) is 0 Å². The molecule has 0 spiro atoms. The number of aromatic nitrogens is 1. The van der Waals surface area contributed by atoms with E-state index in [1.165, 1.54) is 0 Å². The Kier molecular flexibility index (Phi) is 4.38. The normalized spacial score (nSPS) is 10.6. The fourth-order valence-corrected chi connectivity index (χ4v) is 2.81. The second-order valence-electron chi connectivity index (χ2n) is 3.87. The van der Waals surface area contributed by atoms with E-state index >= 15 is 0 Å². The molecule has 0 aliphatic carbocycles. The van der Waals surface area contributed by atoms with Crippen molar-refractivity contribution in [3.05, 3.63) is 51.8 Å². The predicted molar refractivity (Wildman–Crippen MR) is 79.4 cm³/mol. The fraction of sp³-hybridized carbons (Fsp3) is 0.154. The van der Waals surface area contributed by atoms with Gasteiger partial charge in [0.2, 0.25) is 0 Å². The molecule has 0 unspecified atom stereocenters. The molecule has 2 rings (SSSR count). The minimum Gasteiger partial charge on any atom is -0.399 e. The summed E-state index contributed by atoms with van der Waals surface area (Å²) in [5.41, 5.74) is 8.45. The van der Waals surface area contributed by atoms with Gasteiger partial charge in [0.05, 0.1) is 10.7 Å². The minimum atomic E-state index is 0.462. The number of hydrogen-bond donors (Lipinski definition) is 1. The summed E-state index contributed by atoms with van der Waals surface area (Å²) in [6, 6.07) is 9.40. The van der Waals surface area contributed by atoms with Crippen LogP contribution in [-0.4, -0.2) is 4.98 Å². The maximum Gasteiger partial charge on any atom is 0.129 e. The number of nitrogen functional groups attached to an aromatic ring is 1. The summed E-state index contributed by atoms with van der Waals surface area (Å²) in [5.74, 6) is 0.683. The van der Waals surface area contributed by atoms with Crippen molar-refractivity contribution in [3.63, 3.8) is 0 Å². The first kappa shape index (κ1) is 13.5. The molecule has 2 nitrogen and oxygen atoms in total. The molecular formula is C13H12Cl2N2S. The van der Waals surface area contributed by atoms with Gasteiger partial charge in [0.25, 0.3) is 0 Å².